The molecule has 0 aromatic heterocycles. The van der Waals surface area contributed by atoms with Gasteiger partial charge in [-0.1, -0.05) is 44.0 Å². The molecule has 1 aliphatic heterocycles. The van der Waals surface area contributed by atoms with Gasteiger partial charge in [0.2, 0.25) is 0 Å². The van der Waals surface area contributed by atoms with Crippen molar-refractivity contribution >= 4 is 0 Å². The zero-order valence-electron chi connectivity index (χ0n) is 9.75. The zero-order valence-corrected chi connectivity index (χ0v) is 9.75. The molecule has 1 heteroatoms. The molecule has 15 heavy (non-hydrogen) atoms. The Bertz CT molecular complexity index is 332. The summed E-state index contributed by atoms with van der Waals surface area (Å²) >= 11 is 0. The molecule has 2 rings (SSSR count). The second-order valence-electron chi connectivity index (χ2n) is 4.79. The van der Waals surface area contributed by atoms with E-state index in [1.54, 1.807) is 0 Å². The first kappa shape index (κ1) is 10.7. The molecule has 1 aliphatic rings. The summed E-state index contributed by atoms with van der Waals surface area (Å²) in [5.74, 6) is 0. The highest BCUT2D eigenvalue weighted by molar-refractivity contribution is 5.29. The molecule has 1 nitrogen and oxygen atoms in total. The van der Waals surface area contributed by atoms with Gasteiger partial charge in [0.05, 0.1) is 12.2 Å². The molecule has 0 amide bonds. The summed E-state index contributed by atoms with van der Waals surface area (Å²) in [6.45, 7) is 5.27. The number of ether oxygens (including phenoxy) is 1. The summed E-state index contributed by atoms with van der Waals surface area (Å²) in [5, 5.41) is 0. The van der Waals surface area contributed by atoms with Crippen LogP contribution in [0, 0.1) is 0 Å². The highest BCUT2D eigenvalue weighted by Gasteiger charge is 2.29. The lowest BCUT2D eigenvalue weighted by Crippen LogP contribution is -2.35. The van der Waals surface area contributed by atoms with Crippen molar-refractivity contribution in [2.45, 2.75) is 51.7 Å². The van der Waals surface area contributed by atoms with Gasteiger partial charge in [0.1, 0.15) is 0 Å². The van der Waals surface area contributed by atoms with Crippen molar-refractivity contribution in [3.63, 3.8) is 0 Å². The molecule has 1 aromatic rings. The van der Waals surface area contributed by atoms with Crippen LogP contribution < -0.4 is 0 Å². The molecule has 0 fully saturated rings. The van der Waals surface area contributed by atoms with E-state index in [1.807, 2.05) is 0 Å². The van der Waals surface area contributed by atoms with Crippen molar-refractivity contribution in [1.82, 2.24) is 0 Å². The van der Waals surface area contributed by atoms with E-state index in [0.29, 0.717) is 0 Å². The molecule has 0 aliphatic carbocycles. The van der Waals surface area contributed by atoms with Crippen LogP contribution in [0.4, 0.5) is 0 Å². The van der Waals surface area contributed by atoms with Crippen molar-refractivity contribution in [3.05, 3.63) is 35.4 Å². The van der Waals surface area contributed by atoms with Crippen molar-refractivity contribution in [3.8, 4) is 0 Å². The van der Waals surface area contributed by atoms with E-state index >= 15 is 0 Å². The van der Waals surface area contributed by atoms with Crippen LogP contribution >= 0.6 is 0 Å². The lowest BCUT2D eigenvalue weighted by atomic mass is 9.87. The average Bonchev–Trinajstić information content (AvgIpc) is 2.26. The van der Waals surface area contributed by atoms with E-state index in [2.05, 4.69) is 38.1 Å². The molecule has 0 bridgehead atoms. The summed E-state index contributed by atoms with van der Waals surface area (Å²) in [5.41, 5.74) is 2.92. The van der Waals surface area contributed by atoms with Crippen molar-refractivity contribution in [2.75, 3.05) is 0 Å². The number of unbranched alkanes of at least 4 members (excludes halogenated alkanes) is 1. The summed E-state index contributed by atoms with van der Waals surface area (Å²) < 4.78 is 5.99. The van der Waals surface area contributed by atoms with E-state index in [9.17, 15) is 0 Å². The summed E-state index contributed by atoms with van der Waals surface area (Å²) in [6, 6.07) is 8.64. The SMILES string of the molecule is CCCCC1(C)Cc2ccccc2CO1. The Balaban J connectivity index is 2.10. The Morgan fingerprint density at radius 3 is 2.73 bits per heavy atom. The van der Waals surface area contributed by atoms with Crippen LogP contribution in [-0.4, -0.2) is 5.60 Å². The number of rotatable bonds is 3. The van der Waals surface area contributed by atoms with Crippen molar-refractivity contribution in [2.24, 2.45) is 0 Å². The van der Waals surface area contributed by atoms with Crippen LogP contribution in [0.3, 0.4) is 0 Å². The van der Waals surface area contributed by atoms with Crippen LogP contribution in [0.1, 0.15) is 44.2 Å². The molecular formula is C14H20O. The van der Waals surface area contributed by atoms with Gasteiger partial charge in [-0.15, -0.1) is 0 Å². The molecule has 0 radical (unpaired) electrons. The van der Waals surface area contributed by atoms with Crippen LogP contribution in [0.25, 0.3) is 0 Å². The third-order valence-electron chi connectivity index (χ3n) is 3.32. The largest absolute Gasteiger partial charge is 0.370 e. The quantitative estimate of drug-likeness (QED) is 0.729. The molecule has 1 heterocycles. The predicted octanol–water partition coefficient (Wildman–Crippen LogP) is 3.71. The minimum atomic E-state index is 0.0738. The molecule has 0 saturated carbocycles. The summed E-state index contributed by atoms with van der Waals surface area (Å²) in [7, 11) is 0. The predicted molar refractivity (Wildman–Crippen MR) is 62.9 cm³/mol. The summed E-state index contributed by atoms with van der Waals surface area (Å²) in [6.07, 6.45) is 4.76. The van der Waals surface area contributed by atoms with Gasteiger partial charge in [-0.25, -0.2) is 0 Å². The fourth-order valence-electron chi connectivity index (χ4n) is 2.29. The van der Waals surface area contributed by atoms with E-state index in [4.69, 9.17) is 4.74 Å². The Morgan fingerprint density at radius 1 is 1.27 bits per heavy atom. The standard InChI is InChI=1S/C14H20O/c1-3-4-9-14(2)10-12-7-5-6-8-13(12)11-15-14/h5-8H,3-4,9-11H2,1-2H3. The summed E-state index contributed by atoms with van der Waals surface area (Å²) in [4.78, 5) is 0. The lowest BCUT2D eigenvalue weighted by molar-refractivity contribution is -0.0606. The first-order chi connectivity index (χ1) is 7.23. The van der Waals surface area contributed by atoms with Crippen LogP contribution in [-0.2, 0) is 17.8 Å². The molecular weight excluding hydrogens is 184 g/mol. The normalized spacial score (nSPS) is 24.9. The second-order valence-corrected chi connectivity index (χ2v) is 4.79. The highest BCUT2D eigenvalue weighted by Crippen LogP contribution is 2.31. The van der Waals surface area contributed by atoms with Crippen LogP contribution in [0.5, 0.6) is 0 Å². The lowest BCUT2D eigenvalue weighted by Gasteiger charge is -2.35. The molecule has 0 spiro atoms. The van der Waals surface area contributed by atoms with Gasteiger partial charge in [0.25, 0.3) is 0 Å². The maximum absolute atomic E-state index is 5.99. The Hall–Kier alpha value is -0.820. The van der Waals surface area contributed by atoms with Crippen molar-refractivity contribution < 1.29 is 4.74 Å². The number of benzene rings is 1. The minimum Gasteiger partial charge on any atom is -0.370 e. The maximum atomic E-state index is 5.99. The van der Waals surface area contributed by atoms with E-state index < -0.39 is 0 Å². The first-order valence-electron chi connectivity index (χ1n) is 5.94. The molecule has 1 aromatic carbocycles. The van der Waals surface area contributed by atoms with Gasteiger partial charge in [-0.05, 0) is 24.5 Å². The van der Waals surface area contributed by atoms with Crippen LogP contribution in [0.15, 0.2) is 24.3 Å². The third-order valence-corrected chi connectivity index (χ3v) is 3.32. The molecule has 1 atom stereocenters. The van der Waals surface area contributed by atoms with Gasteiger partial charge in [0.15, 0.2) is 0 Å². The minimum absolute atomic E-state index is 0.0738. The van der Waals surface area contributed by atoms with Gasteiger partial charge >= 0.3 is 0 Å². The third kappa shape index (κ3) is 2.40. The fourth-order valence-corrected chi connectivity index (χ4v) is 2.29. The first-order valence-corrected chi connectivity index (χ1v) is 5.94. The maximum Gasteiger partial charge on any atom is 0.0727 e. The highest BCUT2D eigenvalue weighted by atomic mass is 16.5. The van der Waals surface area contributed by atoms with E-state index in [-0.39, 0.29) is 5.60 Å². The van der Waals surface area contributed by atoms with Crippen molar-refractivity contribution in [1.29, 1.82) is 0 Å². The fraction of sp³-hybridized carbons (Fsp3) is 0.571. The average molecular weight is 204 g/mol. The Kier molecular flexibility index (Phi) is 3.11. The number of fused-ring (bicyclic) bond motifs is 1. The van der Waals surface area contributed by atoms with E-state index in [1.165, 1.54) is 30.4 Å². The monoisotopic (exact) mass is 204 g/mol. The van der Waals surface area contributed by atoms with Gasteiger partial charge in [-0.2, -0.15) is 0 Å². The van der Waals surface area contributed by atoms with Gasteiger partial charge in [0, 0.05) is 6.42 Å². The number of hydrogen-bond donors (Lipinski definition) is 0. The molecule has 1 unspecified atom stereocenters. The van der Waals surface area contributed by atoms with Crippen LogP contribution in [0.2, 0.25) is 0 Å². The van der Waals surface area contributed by atoms with E-state index in [0.717, 1.165) is 13.0 Å². The van der Waals surface area contributed by atoms with Gasteiger partial charge in [-0.3, -0.25) is 0 Å². The van der Waals surface area contributed by atoms with Gasteiger partial charge < -0.3 is 4.74 Å². The second kappa shape index (κ2) is 4.36. The zero-order chi connectivity index (χ0) is 10.7. The number of hydrogen-bond acceptors (Lipinski definition) is 1. The molecule has 0 N–H and O–H groups in total. The topological polar surface area (TPSA) is 9.23 Å². The Morgan fingerprint density at radius 2 is 2.00 bits per heavy atom. The molecule has 82 valence electrons. The molecule has 0 saturated heterocycles. The smallest absolute Gasteiger partial charge is 0.0727 e. The Labute approximate surface area is 92.5 Å².